The van der Waals surface area contributed by atoms with Gasteiger partial charge in [0.05, 0.1) is 17.6 Å². The summed E-state index contributed by atoms with van der Waals surface area (Å²) in [6, 6.07) is 14.1. The number of hydrogen-bond donors (Lipinski definition) is 2. The highest BCUT2D eigenvalue weighted by molar-refractivity contribution is 7.92. The molecule has 10 heteroatoms. The van der Waals surface area contributed by atoms with Gasteiger partial charge in [0.1, 0.15) is 23.8 Å². The first-order chi connectivity index (χ1) is 15.7. The highest BCUT2D eigenvalue weighted by Gasteiger charge is 2.12. The highest BCUT2D eigenvalue weighted by atomic mass is 32.2. The summed E-state index contributed by atoms with van der Waals surface area (Å²) in [5.41, 5.74) is 2.98. The van der Waals surface area contributed by atoms with Crippen molar-refractivity contribution < 1.29 is 22.3 Å². The van der Waals surface area contributed by atoms with Crippen molar-refractivity contribution >= 4 is 33.0 Å². The fraction of sp³-hybridized carbons (Fsp3) is 0.130. The molecule has 4 aromatic rings. The lowest BCUT2D eigenvalue weighted by atomic mass is 10.2. The van der Waals surface area contributed by atoms with E-state index in [0.29, 0.717) is 11.3 Å². The molecule has 0 unspecified atom stereocenters. The Bertz CT molecular complexity index is 1450. The van der Waals surface area contributed by atoms with E-state index in [-0.39, 0.29) is 18.0 Å². The predicted molar refractivity (Wildman–Crippen MR) is 124 cm³/mol. The number of benzene rings is 2. The van der Waals surface area contributed by atoms with Gasteiger partial charge in [-0.15, -0.1) is 0 Å². The molecule has 0 fully saturated rings. The molecule has 0 spiro atoms. The van der Waals surface area contributed by atoms with Crippen LogP contribution >= 0.6 is 0 Å². The van der Waals surface area contributed by atoms with Gasteiger partial charge in [-0.05, 0) is 55.0 Å². The Morgan fingerprint density at radius 1 is 1.12 bits per heavy atom. The van der Waals surface area contributed by atoms with Crippen LogP contribution < -0.4 is 14.8 Å². The Morgan fingerprint density at radius 3 is 2.73 bits per heavy atom. The molecule has 0 aliphatic rings. The van der Waals surface area contributed by atoms with Gasteiger partial charge < -0.3 is 14.5 Å². The van der Waals surface area contributed by atoms with Gasteiger partial charge >= 0.3 is 0 Å². The van der Waals surface area contributed by atoms with Crippen molar-refractivity contribution in [3.05, 3.63) is 89.6 Å². The largest absolute Gasteiger partial charge is 0.487 e. The smallest absolute Gasteiger partial charge is 0.255 e. The number of anilines is 2. The van der Waals surface area contributed by atoms with E-state index in [1.54, 1.807) is 24.3 Å². The first-order valence-corrected chi connectivity index (χ1v) is 11.8. The van der Waals surface area contributed by atoms with Crippen molar-refractivity contribution in [3.63, 3.8) is 0 Å². The van der Waals surface area contributed by atoms with Crippen LogP contribution in [0.3, 0.4) is 0 Å². The van der Waals surface area contributed by atoms with E-state index in [1.165, 1.54) is 12.1 Å². The molecule has 170 valence electrons. The molecular formula is C23H21FN4O4S. The molecule has 0 aliphatic carbocycles. The molecule has 2 heterocycles. The molecule has 2 aromatic heterocycles. The number of carbonyl (C=O) groups is 1. The number of fused-ring (bicyclic) bond motifs is 1. The van der Waals surface area contributed by atoms with E-state index in [9.17, 15) is 17.6 Å². The summed E-state index contributed by atoms with van der Waals surface area (Å²) in [4.78, 5) is 17.2. The molecule has 0 saturated carbocycles. The number of nitrogens with zero attached hydrogens (tertiary/aromatic N) is 2. The molecule has 0 aliphatic heterocycles. The second-order valence-corrected chi connectivity index (χ2v) is 9.29. The standard InChI is InChI=1S/C23H21FN4O4S/c1-15-6-9-22-25-18(13-28(22)12-15)14-32-19-5-3-4-16(10-19)23(29)26-17-7-8-20(24)21(11-17)27-33(2,30)31/h3-13,27H,14H2,1-2H3,(H,26,29). The maximum absolute atomic E-state index is 13.9. The maximum atomic E-state index is 13.9. The topological polar surface area (TPSA) is 102 Å². The molecule has 0 radical (unpaired) electrons. The van der Waals surface area contributed by atoms with E-state index < -0.39 is 21.7 Å². The lowest BCUT2D eigenvalue weighted by Crippen LogP contribution is -2.14. The number of pyridine rings is 1. The van der Waals surface area contributed by atoms with Crippen molar-refractivity contribution in [2.24, 2.45) is 0 Å². The third-order valence-electron chi connectivity index (χ3n) is 4.65. The number of halogens is 1. The summed E-state index contributed by atoms with van der Waals surface area (Å²) in [5.74, 6) is -0.731. The molecule has 1 amide bonds. The first kappa shape index (κ1) is 22.3. The van der Waals surface area contributed by atoms with E-state index in [2.05, 4.69) is 15.0 Å². The minimum absolute atomic E-state index is 0.226. The number of rotatable bonds is 7. The van der Waals surface area contributed by atoms with Crippen molar-refractivity contribution in [1.82, 2.24) is 9.38 Å². The Balaban J connectivity index is 1.44. The number of aryl methyl sites for hydroxylation is 1. The second-order valence-electron chi connectivity index (χ2n) is 7.54. The van der Waals surface area contributed by atoms with Crippen LogP contribution in [0.1, 0.15) is 21.6 Å². The van der Waals surface area contributed by atoms with Gasteiger partial charge in [0.2, 0.25) is 10.0 Å². The molecular weight excluding hydrogens is 447 g/mol. The van der Waals surface area contributed by atoms with Crippen molar-refractivity contribution in [3.8, 4) is 5.75 Å². The Hall–Kier alpha value is -3.92. The third kappa shape index (κ3) is 5.66. The SMILES string of the molecule is Cc1ccc2nc(COc3cccc(C(=O)Nc4ccc(F)c(NS(C)(=O)=O)c4)c3)cn2c1. The zero-order valence-electron chi connectivity index (χ0n) is 17.9. The van der Waals surface area contributed by atoms with E-state index in [4.69, 9.17) is 4.74 Å². The average molecular weight is 469 g/mol. The Kier molecular flexibility index (Phi) is 6.01. The van der Waals surface area contributed by atoms with Crippen LogP contribution in [0.25, 0.3) is 5.65 Å². The van der Waals surface area contributed by atoms with Crippen molar-refractivity contribution in [1.29, 1.82) is 0 Å². The number of aromatic nitrogens is 2. The number of imidazole rings is 1. The lowest BCUT2D eigenvalue weighted by Gasteiger charge is -2.10. The molecule has 8 nitrogen and oxygen atoms in total. The van der Waals surface area contributed by atoms with Crippen LogP contribution in [0.2, 0.25) is 0 Å². The quantitative estimate of drug-likeness (QED) is 0.427. The molecule has 0 bridgehead atoms. The maximum Gasteiger partial charge on any atom is 0.255 e. The zero-order chi connectivity index (χ0) is 23.6. The summed E-state index contributed by atoms with van der Waals surface area (Å²) >= 11 is 0. The molecule has 4 rings (SSSR count). The minimum Gasteiger partial charge on any atom is -0.487 e. The van der Waals surface area contributed by atoms with Gasteiger partial charge in [-0.2, -0.15) is 0 Å². The lowest BCUT2D eigenvalue weighted by molar-refractivity contribution is 0.102. The number of sulfonamides is 1. The highest BCUT2D eigenvalue weighted by Crippen LogP contribution is 2.22. The fourth-order valence-electron chi connectivity index (χ4n) is 3.19. The van der Waals surface area contributed by atoms with Gasteiger partial charge in [-0.3, -0.25) is 9.52 Å². The molecule has 2 N–H and O–H groups in total. The summed E-state index contributed by atoms with van der Waals surface area (Å²) in [5, 5.41) is 2.62. The van der Waals surface area contributed by atoms with E-state index in [1.807, 2.05) is 35.9 Å². The first-order valence-electron chi connectivity index (χ1n) is 9.92. The number of carbonyl (C=O) groups excluding carboxylic acids is 1. The van der Waals surface area contributed by atoms with Crippen LogP contribution in [0.5, 0.6) is 5.75 Å². The Morgan fingerprint density at radius 2 is 1.94 bits per heavy atom. The van der Waals surface area contributed by atoms with Crippen LogP contribution in [-0.4, -0.2) is 30.0 Å². The van der Waals surface area contributed by atoms with Crippen LogP contribution in [0.4, 0.5) is 15.8 Å². The van der Waals surface area contributed by atoms with Gasteiger partial charge in [-0.25, -0.2) is 17.8 Å². The van der Waals surface area contributed by atoms with Crippen LogP contribution in [0, 0.1) is 12.7 Å². The number of ether oxygens (including phenoxy) is 1. The van der Waals surface area contributed by atoms with Gasteiger partial charge in [0.15, 0.2) is 0 Å². The van der Waals surface area contributed by atoms with Gasteiger partial charge in [-0.1, -0.05) is 12.1 Å². The van der Waals surface area contributed by atoms with Gasteiger partial charge in [0, 0.05) is 23.6 Å². The van der Waals surface area contributed by atoms with Crippen molar-refractivity contribution in [2.75, 3.05) is 16.3 Å². The monoisotopic (exact) mass is 468 g/mol. The molecule has 2 aromatic carbocycles. The van der Waals surface area contributed by atoms with E-state index >= 15 is 0 Å². The molecule has 33 heavy (non-hydrogen) atoms. The van der Waals surface area contributed by atoms with Crippen LogP contribution in [0.15, 0.2) is 67.0 Å². The second kappa shape index (κ2) is 8.91. The zero-order valence-corrected chi connectivity index (χ0v) is 18.7. The van der Waals surface area contributed by atoms with Gasteiger partial charge in [0.25, 0.3) is 5.91 Å². The number of nitrogens with one attached hydrogen (secondary N) is 2. The van der Waals surface area contributed by atoms with E-state index in [0.717, 1.165) is 29.2 Å². The van der Waals surface area contributed by atoms with Crippen LogP contribution in [-0.2, 0) is 16.6 Å². The molecule has 0 atom stereocenters. The minimum atomic E-state index is -3.67. The summed E-state index contributed by atoms with van der Waals surface area (Å²) in [6.07, 6.45) is 4.77. The predicted octanol–water partition coefficient (Wildman–Crippen LogP) is 3.98. The average Bonchev–Trinajstić information content (AvgIpc) is 3.16. The number of amides is 1. The fourth-order valence-corrected chi connectivity index (χ4v) is 3.75. The number of hydrogen-bond acceptors (Lipinski definition) is 5. The van der Waals surface area contributed by atoms with Crippen molar-refractivity contribution in [2.45, 2.75) is 13.5 Å². The summed E-state index contributed by atoms with van der Waals surface area (Å²) < 4.78 is 46.4. The third-order valence-corrected chi connectivity index (χ3v) is 5.24. The normalized spacial score (nSPS) is 11.4. The summed E-state index contributed by atoms with van der Waals surface area (Å²) in [7, 11) is -3.67. The molecule has 0 saturated heterocycles. The summed E-state index contributed by atoms with van der Waals surface area (Å²) in [6.45, 7) is 2.23. The Labute approximate surface area is 190 Å².